The normalized spacial score (nSPS) is 12.8. The summed E-state index contributed by atoms with van der Waals surface area (Å²) in [7, 11) is 2.98. The fourth-order valence-corrected chi connectivity index (χ4v) is 2.25. The van der Waals surface area contributed by atoms with Gasteiger partial charge in [-0.15, -0.1) is 0 Å². The first-order chi connectivity index (χ1) is 7.89. The second-order valence-electron chi connectivity index (χ2n) is 3.88. The fourth-order valence-electron chi connectivity index (χ4n) is 1.84. The predicted octanol–water partition coefficient (Wildman–Crippen LogP) is 3.82. The van der Waals surface area contributed by atoms with Gasteiger partial charge in [0.1, 0.15) is 0 Å². The smallest absolute Gasteiger partial charge is 0.409 e. The molecule has 1 aromatic rings. The van der Waals surface area contributed by atoms with Gasteiger partial charge < -0.3 is 4.43 Å². The van der Waals surface area contributed by atoms with Crippen LogP contribution in [0.4, 0.5) is 13.2 Å². The van der Waals surface area contributed by atoms with Crippen LogP contribution in [0.5, 0.6) is 0 Å². The van der Waals surface area contributed by atoms with Crippen molar-refractivity contribution in [1.82, 2.24) is 0 Å². The van der Waals surface area contributed by atoms with Crippen LogP contribution in [0.2, 0.25) is 0 Å². The summed E-state index contributed by atoms with van der Waals surface area (Å²) in [6, 6.07) is 5.27. The number of alkyl halides is 3. The average molecular weight is 259 g/mol. The minimum Gasteiger partial charge on any atom is -0.409 e. The summed E-state index contributed by atoms with van der Waals surface area (Å²) >= 11 is 0. The molecule has 0 atom stereocenters. The number of hydrogen-bond acceptors (Lipinski definition) is 1. The molecule has 0 aliphatic rings. The lowest BCUT2D eigenvalue weighted by atomic mass is 9.88. The first-order valence-corrected chi connectivity index (χ1v) is 5.83. The molecule has 0 aliphatic heterocycles. The first kappa shape index (κ1) is 14.2. The molecule has 0 amide bonds. The maximum atomic E-state index is 12.6. The molecule has 0 bridgehead atoms. The van der Waals surface area contributed by atoms with Gasteiger partial charge >= 0.3 is 6.18 Å². The summed E-state index contributed by atoms with van der Waals surface area (Å²) in [6.07, 6.45) is -3.14. The minimum absolute atomic E-state index is 0.535. The number of hydrogen-bond donors (Lipinski definition) is 0. The summed E-state index contributed by atoms with van der Waals surface area (Å²) in [5.74, 6) is 0. The molecule has 0 aromatic heterocycles. The van der Waals surface area contributed by atoms with Gasteiger partial charge in [0, 0.05) is 0 Å². The van der Waals surface area contributed by atoms with E-state index in [2.05, 4.69) is 10.5 Å². The Morgan fingerprint density at radius 1 is 1.12 bits per heavy atom. The van der Waals surface area contributed by atoms with Crippen molar-refractivity contribution in [3.63, 3.8) is 0 Å². The summed E-state index contributed by atoms with van der Waals surface area (Å²) in [6.45, 7) is 3.76. The zero-order chi connectivity index (χ0) is 13.1. The van der Waals surface area contributed by atoms with E-state index in [0.717, 1.165) is 12.1 Å². The molecule has 0 saturated heterocycles. The van der Waals surface area contributed by atoms with Crippen molar-refractivity contribution in [2.24, 2.45) is 0 Å². The molecule has 1 nitrogen and oxygen atoms in total. The Balaban J connectivity index is 3.23. The zero-order valence-electron chi connectivity index (χ0n) is 9.77. The Morgan fingerprint density at radius 2 is 1.65 bits per heavy atom. The van der Waals surface area contributed by atoms with Gasteiger partial charge in [0.15, 0.2) is 0 Å². The Morgan fingerprint density at radius 3 is 2.06 bits per heavy atom. The highest BCUT2D eigenvalue weighted by Crippen LogP contribution is 2.36. The topological polar surface area (TPSA) is 9.23 Å². The van der Waals surface area contributed by atoms with Gasteiger partial charge in [-0.05, 0) is 30.5 Å². The predicted molar refractivity (Wildman–Crippen MR) is 60.5 cm³/mol. The molecule has 0 spiro atoms. The molecule has 1 aromatic carbocycles. The van der Waals surface area contributed by atoms with Crippen molar-refractivity contribution in [2.45, 2.75) is 38.5 Å². The summed E-state index contributed by atoms with van der Waals surface area (Å²) in [4.78, 5) is 0. The molecule has 1 rings (SSSR count). The van der Waals surface area contributed by atoms with E-state index in [0.29, 0.717) is 18.4 Å². The van der Waals surface area contributed by atoms with Crippen LogP contribution in [0.1, 0.15) is 37.8 Å². The minimum atomic E-state index is -4.32. The lowest BCUT2D eigenvalue weighted by Crippen LogP contribution is -2.27. The number of halogens is 3. The molecule has 0 aliphatic carbocycles. The Bertz CT molecular complexity index is 364. The van der Waals surface area contributed by atoms with Crippen molar-refractivity contribution >= 4 is 10.5 Å². The zero-order valence-corrected chi connectivity index (χ0v) is 10.8. The summed E-state index contributed by atoms with van der Waals surface area (Å²) in [5.41, 5.74) is -0.824. The van der Waals surface area contributed by atoms with Crippen molar-refractivity contribution in [2.75, 3.05) is 0 Å². The third-order valence-corrected chi connectivity index (χ3v) is 3.44. The molecule has 0 saturated carbocycles. The van der Waals surface area contributed by atoms with Gasteiger partial charge in [0.25, 0.3) is 0 Å². The van der Waals surface area contributed by atoms with Crippen LogP contribution in [0.25, 0.3) is 0 Å². The van der Waals surface area contributed by atoms with Crippen molar-refractivity contribution in [3.05, 3.63) is 35.4 Å². The van der Waals surface area contributed by atoms with Gasteiger partial charge in [-0.25, -0.2) is 0 Å². The molecule has 0 N–H and O–H groups in total. The highest BCUT2D eigenvalue weighted by Gasteiger charge is 2.33. The lowest BCUT2D eigenvalue weighted by Gasteiger charge is -2.31. The quantitative estimate of drug-likeness (QED) is 0.747. The molecule has 93 valence electrons. The highest BCUT2D eigenvalue weighted by molar-refractivity contribution is 5.98. The van der Waals surface area contributed by atoms with Crippen LogP contribution in [0, 0.1) is 0 Å². The second-order valence-corrected chi connectivity index (χ2v) is 4.09. The van der Waals surface area contributed by atoms with E-state index < -0.39 is 17.3 Å². The molecular weight excluding hydrogens is 245 g/mol. The van der Waals surface area contributed by atoms with E-state index >= 15 is 0 Å². The largest absolute Gasteiger partial charge is 0.416 e. The van der Waals surface area contributed by atoms with E-state index in [1.165, 1.54) is 6.07 Å². The molecular formula is C12H14F3OSi. The van der Waals surface area contributed by atoms with Crippen LogP contribution >= 0.6 is 0 Å². The maximum Gasteiger partial charge on any atom is 0.416 e. The molecule has 5 heteroatoms. The number of benzene rings is 1. The van der Waals surface area contributed by atoms with Gasteiger partial charge in [-0.2, -0.15) is 13.2 Å². The van der Waals surface area contributed by atoms with Crippen molar-refractivity contribution in [3.8, 4) is 0 Å². The Kier molecular flexibility index (Phi) is 4.38. The van der Waals surface area contributed by atoms with Crippen LogP contribution < -0.4 is 0 Å². The van der Waals surface area contributed by atoms with E-state index in [1.807, 2.05) is 13.8 Å². The first-order valence-electron chi connectivity index (χ1n) is 5.42. The highest BCUT2D eigenvalue weighted by atomic mass is 28.2. The second kappa shape index (κ2) is 5.22. The average Bonchev–Trinajstić information content (AvgIpc) is 2.31. The van der Waals surface area contributed by atoms with Crippen LogP contribution in [0.15, 0.2) is 24.3 Å². The van der Waals surface area contributed by atoms with E-state index in [1.54, 1.807) is 6.07 Å². The van der Waals surface area contributed by atoms with Crippen molar-refractivity contribution in [1.29, 1.82) is 0 Å². The summed E-state index contributed by atoms with van der Waals surface area (Å²) in [5, 5.41) is 0. The van der Waals surface area contributed by atoms with Crippen LogP contribution in [0.3, 0.4) is 0 Å². The molecule has 3 radical (unpaired) electrons. The maximum absolute atomic E-state index is 12.6. The van der Waals surface area contributed by atoms with E-state index in [4.69, 9.17) is 4.43 Å². The fraction of sp³-hybridized carbons (Fsp3) is 0.500. The summed E-state index contributed by atoms with van der Waals surface area (Å²) < 4.78 is 43.1. The van der Waals surface area contributed by atoms with E-state index in [9.17, 15) is 13.2 Å². The Labute approximate surface area is 103 Å². The molecule has 0 fully saturated rings. The molecule has 0 unspecified atom stereocenters. The van der Waals surface area contributed by atoms with Crippen LogP contribution in [-0.4, -0.2) is 10.5 Å². The standard InChI is InChI=1S/C12H14F3OSi/c1-3-11(4-2,16-17)9-6-5-7-10(8-9)12(13,14)15/h5-8H,3-4H2,1-2H3. The van der Waals surface area contributed by atoms with Gasteiger partial charge in [-0.3, -0.25) is 0 Å². The van der Waals surface area contributed by atoms with Crippen LogP contribution in [-0.2, 0) is 16.2 Å². The monoisotopic (exact) mass is 259 g/mol. The molecule has 17 heavy (non-hydrogen) atoms. The third kappa shape index (κ3) is 2.90. The lowest BCUT2D eigenvalue weighted by molar-refractivity contribution is -0.137. The number of rotatable bonds is 4. The van der Waals surface area contributed by atoms with Gasteiger partial charge in [-0.1, -0.05) is 26.0 Å². The van der Waals surface area contributed by atoms with E-state index in [-0.39, 0.29) is 0 Å². The van der Waals surface area contributed by atoms with Gasteiger partial charge in [0.05, 0.1) is 11.2 Å². The Hall–Kier alpha value is -0.813. The SMILES string of the molecule is CCC(CC)(O[Si])c1cccc(C(F)(F)F)c1. The van der Waals surface area contributed by atoms with Gasteiger partial charge in [0.2, 0.25) is 10.5 Å². The third-order valence-electron chi connectivity index (χ3n) is 3.05. The molecule has 0 heterocycles. The van der Waals surface area contributed by atoms with Crippen molar-refractivity contribution < 1.29 is 17.6 Å².